The average molecular weight is 252 g/mol. The maximum absolute atomic E-state index is 11.4. The van der Waals surface area contributed by atoms with E-state index in [9.17, 15) is 9.59 Å². The van der Waals surface area contributed by atoms with Crippen molar-refractivity contribution in [3.05, 3.63) is 29.8 Å². The van der Waals surface area contributed by atoms with Crippen molar-refractivity contribution in [2.75, 3.05) is 14.2 Å². The van der Waals surface area contributed by atoms with Gasteiger partial charge >= 0.3 is 6.09 Å². The van der Waals surface area contributed by atoms with Gasteiger partial charge in [0.15, 0.2) is 0 Å². The Labute approximate surface area is 105 Å². The van der Waals surface area contributed by atoms with E-state index in [0.29, 0.717) is 6.42 Å². The number of carbonyl (C=O) groups excluding carboxylic acids is 2. The molecule has 6 nitrogen and oxygen atoms in total. The van der Waals surface area contributed by atoms with E-state index in [1.54, 1.807) is 7.11 Å². The highest BCUT2D eigenvalue weighted by atomic mass is 16.5. The molecule has 0 aliphatic heterocycles. The van der Waals surface area contributed by atoms with Crippen LogP contribution in [0.3, 0.4) is 0 Å². The third-order valence-corrected chi connectivity index (χ3v) is 2.26. The first-order valence-corrected chi connectivity index (χ1v) is 5.41. The first-order chi connectivity index (χ1) is 8.65. The Morgan fingerprint density at radius 2 is 2.00 bits per heavy atom. The quantitative estimate of drug-likeness (QED) is 0.784. The lowest BCUT2D eigenvalue weighted by molar-refractivity contribution is -0.121. The maximum atomic E-state index is 11.4. The standard InChI is InChI=1S/C12H16N2O4/c1-17-10-5-3-4-9(8-10)6-7-11(15)13-14-12(16)18-2/h3-5,8H,6-7H2,1-2H3,(H,13,15)(H,14,16). The fourth-order valence-electron chi connectivity index (χ4n) is 1.32. The van der Waals surface area contributed by atoms with Gasteiger partial charge in [0.2, 0.25) is 5.91 Å². The Hall–Kier alpha value is -2.24. The summed E-state index contributed by atoms with van der Waals surface area (Å²) in [4.78, 5) is 22.1. The summed E-state index contributed by atoms with van der Waals surface area (Å²) in [7, 11) is 2.81. The maximum Gasteiger partial charge on any atom is 0.425 e. The second-order valence-corrected chi connectivity index (χ2v) is 3.52. The van der Waals surface area contributed by atoms with Gasteiger partial charge in [0.1, 0.15) is 5.75 Å². The van der Waals surface area contributed by atoms with Crippen molar-refractivity contribution in [3.63, 3.8) is 0 Å². The zero-order chi connectivity index (χ0) is 13.4. The van der Waals surface area contributed by atoms with Crippen LogP contribution < -0.4 is 15.6 Å². The molecule has 1 aromatic rings. The summed E-state index contributed by atoms with van der Waals surface area (Å²) in [6, 6.07) is 7.46. The van der Waals surface area contributed by atoms with E-state index < -0.39 is 6.09 Å². The molecule has 1 aromatic carbocycles. The van der Waals surface area contributed by atoms with Gasteiger partial charge in [0.05, 0.1) is 14.2 Å². The van der Waals surface area contributed by atoms with Crippen LogP contribution in [-0.2, 0) is 16.0 Å². The minimum Gasteiger partial charge on any atom is -0.497 e. The van der Waals surface area contributed by atoms with Crippen molar-refractivity contribution in [3.8, 4) is 5.75 Å². The van der Waals surface area contributed by atoms with E-state index in [1.165, 1.54) is 7.11 Å². The Bertz CT molecular complexity index is 420. The van der Waals surface area contributed by atoms with Crippen molar-refractivity contribution >= 4 is 12.0 Å². The fourth-order valence-corrected chi connectivity index (χ4v) is 1.32. The molecule has 0 aromatic heterocycles. The number of carbonyl (C=O) groups is 2. The fraction of sp³-hybridized carbons (Fsp3) is 0.333. The number of amides is 2. The molecule has 0 aliphatic carbocycles. The molecule has 0 bridgehead atoms. The number of aryl methyl sites for hydroxylation is 1. The molecule has 0 aliphatic rings. The predicted molar refractivity (Wildman–Crippen MR) is 65.0 cm³/mol. The molecule has 0 unspecified atom stereocenters. The van der Waals surface area contributed by atoms with Crippen LogP contribution in [-0.4, -0.2) is 26.2 Å². The summed E-state index contributed by atoms with van der Waals surface area (Å²) in [6.07, 6.45) is 0.119. The zero-order valence-electron chi connectivity index (χ0n) is 10.4. The summed E-state index contributed by atoms with van der Waals surface area (Å²) in [5, 5.41) is 0. The second kappa shape index (κ2) is 7.16. The van der Waals surface area contributed by atoms with Gasteiger partial charge in [-0.1, -0.05) is 12.1 Å². The molecular formula is C12H16N2O4. The third-order valence-electron chi connectivity index (χ3n) is 2.26. The van der Waals surface area contributed by atoms with E-state index in [0.717, 1.165) is 11.3 Å². The van der Waals surface area contributed by atoms with Crippen LogP contribution in [0, 0.1) is 0 Å². The zero-order valence-corrected chi connectivity index (χ0v) is 10.4. The molecule has 0 atom stereocenters. The number of hydrogen-bond donors (Lipinski definition) is 2. The number of benzene rings is 1. The lowest BCUT2D eigenvalue weighted by atomic mass is 10.1. The molecule has 0 fully saturated rings. The van der Waals surface area contributed by atoms with Crippen LogP contribution in [0.5, 0.6) is 5.75 Å². The predicted octanol–water partition coefficient (Wildman–Crippen LogP) is 1.01. The Morgan fingerprint density at radius 3 is 2.67 bits per heavy atom. The minimum absolute atomic E-state index is 0.261. The number of rotatable bonds is 4. The summed E-state index contributed by atoms with van der Waals surface area (Å²) in [5.41, 5.74) is 5.33. The lowest BCUT2D eigenvalue weighted by Gasteiger charge is -2.06. The van der Waals surface area contributed by atoms with Gasteiger partial charge in [-0.15, -0.1) is 0 Å². The van der Waals surface area contributed by atoms with Crippen molar-refractivity contribution in [1.29, 1.82) is 0 Å². The van der Waals surface area contributed by atoms with Crippen molar-refractivity contribution < 1.29 is 19.1 Å². The molecule has 0 saturated carbocycles. The minimum atomic E-state index is -0.704. The van der Waals surface area contributed by atoms with Crippen LogP contribution >= 0.6 is 0 Å². The van der Waals surface area contributed by atoms with Crippen molar-refractivity contribution in [2.24, 2.45) is 0 Å². The van der Waals surface area contributed by atoms with Gasteiger partial charge in [0, 0.05) is 6.42 Å². The monoisotopic (exact) mass is 252 g/mol. The SMILES string of the molecule is COC(=O)NNC(=O)CCc1cccc(OC)c1. The van der Waals surface area contributed by atoms with Crippen molar-refractivity contribution in [1.82, 2.24) is 10.9 Å². The topological polar surface area (TPSA) is 76.7 Å². The van der Waals surface area contributed by atoms with Crippen LogP contribution in [0.2, 0.25) is 0 Å². The van der Waals surface area contributed by atoms with E-state index in [2.05, 4.69) is 15.6 Å². The first kappa shape index (κ1) is 13.8. The number of ether oxygens (including phenoxy) is 2. The number of methoxy groups -OCH3 is 2. The summed E-state index contributed by atoms with van der Waals surface area (Å²) >= 11 is 0. The van der Waals surface area contributed by atoms with Crippen LogP contribution in [0.1, 0.15) is 12.0 Å². The van der Waals surface area contributed by atoms with Gasteiger partial charge in [0.25, 0.3) is 0 Å². The molecular weight excluding hydrogens is 236 g/mol. The lowest BCUT2D eigenvalue weighted by Crippen LogP contribution is -2.41. The van der Waals surface area contributed by atoms with Crippen LogP contribution in [0.25, 0.3) is 0 Å². The summed E-state index contributed by atoms with van der Waals surface area (Å²) in [6.45, 7) is 0. The molecule has 2 N–H and O–H groups in total. The summed E-state index contributed by atoms with van der Waals surface area (Å²) in [5.74, 6) is 0.462. The van der Waals surface area contributed by atoms with Crippen LogP contribution in [0.15, 0.2) is 24.3 Å². The van der Waals surface area contributed by atoms with E-state index in [4.69, 9.17) is 4.74 Å². The number of nitrogens with one attached hydrogen (secondary N) is 2. The van der Waals surface area contributed by atoms with Crippen molar-refractivity contribution in [2.45, 2.75) is 12.8 Å². The normalized spacial score (nSPS) is 9.44. The molecule has 0 heterocycles. The van der Waals surface area contributed by atoms with E-state index in [1.807, 2.05) is 24.3 Å². The number of hydrogen-bond acceptors (Lipinski definition) is 4. The molecule has 0 spiro atoms. The Morgan fingerprint density at radius 1 is 1.22 bits per heavy atom. The average Bonchev–Trinajstić information content (AvgIpc) is 2.42. The van der Waals surface area contributed by atoms with Gasteiger partial charge < -0.3 is 9.47 Å². The highest BCUT2D eigenvalue weighted by Crippen LogP contribution is 2.13. The van der Waals surface area contributed by atoms with Gasteiger partial charge in [-0.3, -0.25) is 10.2 Å². The first-order valence-electron chi connectivity index (χ1n) is 5.41. The highest BCUT2D eigenvalue weighted by molar-refractivity contribution is 5.79. The van der Waals surface area contributed by atoms with Gasteiger partial charge in [-0.2, -0.15) is 0 Å². The molecule has 6 heteroatoms. The molecule has 18 heavy (non-hydrogen) atoms. The Balaban J connectivity index is 2.35. The molecule has 0 radical (unpaired) electrons. The van der Waals surface area contributed by atoms with E-state index in [-0.39, 0.29) is 12.3 Å². The smallest absolute Gasteiger partial charge is 0.425 e. The molecule has 98 valence electrons. The second-order valence-electron chi connectivity index (χ2n) is 3.52. The third kappa shape index (κ3) is 4.73. The number of hydrazine groups is 1. The molecule has 2 amide bonds. The molecule has 0 saturated heterocycles. The van der Waals surface area contributed by atoms with E-state index >= 15 is 0 Å². The Kier molecular flexibility index (Phi) is 5.50. The molecule has 1 rings (SSSR count). The largest absolute Gasteiger partial charge is 0.497 e. The highest BCUT2D eigenvalue weighted by Gasteiger charge is 2.04. The van der Waals surface area contributed by atoms with Gasteiger partial charge in [-0.25, -0.2) is 10.2 Å². The van der Waals surface area contributed by atoms with Crippen LogP contribution in [0.4, 0.5) is 4.79 Å². The summed E-state index contributed by atoms with van der Waals surface area (Å²) < 4.78 is 9.39. The van der Waals surface area contributed by atoms with Gasteiger partial charge in [-0.05, 0) is 24.1 Å².